The molecule has 0 bridgehead atoms. The van der Waals surface area contributed by atoms with Crippen molar-refractivity contribution in [3.05, 3.63) is 16.8 Å². The van der Waals surface area contributed by atoms with Gasteiger partial charge in [0.05, 0.1) is 11.5 Å². The molecule has 1 N–H and O–H groups in total. The van der Waals surface area contributed by atoms with Crippen molar-refractivity contribution in [1.29, 1.82) is 0 Å². The van der Waals surface area contributed by atoms with E-state index in [1.807, 2.05) is 6.20 Å². The number of aromatic nitrogens is 2. The highest BCUT2D eigenvalue weighted by Crippen LogP contribution is 2.48. The maximum atomic E-state index is 4.00. The first-order valence-electron chi connectivity index (χ1n) is 4.09. The number of H-pyrrole nitrogens is 1. The van der Waals surface area contributed by atoms with Crippen LogP contribution in [0, 0.1) is 17.8 Å². The first-order chi connectivity index (χ1) is 5.36. The van der Waals surface area contributed by atoms with Crippen molar-refractivity contribution in [2.45, 2.75) is 6.92 Å². The Hall–Kier alpha value is -1.05. The van der Waals surface area contributed by atoms with E-state index < -0.39 is 0 Å². The lowest BCUT2D eigenvalue weighted by atomic mass is 10.2. The molecule has 1 aromatic rings. The maximum absolute atomic E-state index is 4.00. The van der Waals surface area contributed by atoms with Crippen molar-refractivity contribution >= 4 is 12.2 Å². The van der Waals surface area contributed by atoms with Crippen LogP contribution in [0.1, 0.15) is 6.92 Å². The Bertz CT molecular complexity index is 365. The molecule has 0 saturated heterocycles. The monoisotopic (exact) mass is 146 g/mol. The average molecular weight is 146 g/mol. The number of aromatic amines is 1. The first-order valence-corrected chi connectivity index (χ1v) is 4.09. The van der Waals surface area contributed by atoms with Gasteiger partial charge in [0.1, 0.15) is 0 Å². The van der Waals surface area contributed by atoms with Crippen molar-refractivity contribution in [3.63, 3.8) is 0 Å². The molecule has 1 heterocycles. The van der Waals surface area contributed by atoms with E-state index in [9.17, 15) is 0 Å². The summed E-state index contributed by atoms with van der Waals surface area (Å²) in [6.07, 6.45) is 6.57. The highest BCUT2D eigenvalue weighted by atomic mass is 15.1. The second kappa shape index (κ2) is 1.58. The van der Waals surface area contributed by atoms with Gasteiger partial charge in [0.25, 0.3) is 0 Å². The summed E-state index contributed by atoms with van der Waals surface area (Å²) in [4.78, 5) is 0. The van der Waals surface area contributed by atoms with Gasteiger partial charge in [-0.05, 0) is 17.8 Å². The molecule has 56 valence electrons. The van der Waals surface area contributed by atoms with Crippen molar-refractivity contribution in [2.24, 2.45) is 17.8 Å². The zero-order chi connectivity index (χ0) is 7.42. The van der Waals surface area contributed by atoms with Crippen LogP contribution in [-0.2, 0) is 0 Å². The predicted octanol–water partition coefficient (Wildman–Crippen LogP) is -0.134. The van der Waals surface area contributed by atoms with Crippen molar-refractivity contribution < 1.29 is 0 Å². The maximum Gasteiger partial charge on any atom is 0.0610 e. The van der Waals surface area contributed by atoms with Crippen molar-refractivity contribution in [1.82, 2.24) is 10.2 Å². The third kappa shape index (κ3) is 0.595. The van der Waals surface area contributed by atoms with Crippen LogP contribution in [0.4, 0.5) is 0 Å². The molecule has 3 unspecified atom stereocenters. The van der Waals surface area contributed by atoms with E-state index in [2.05, 4.69) is 29.3 Å². The van der Waals surface area contributed by atoms with Crippen LogP contribution in [0.15, 0.2) is 6.20 Å². The quantitative estimate of drug-likeness (QED) is 0.542. The SMILES string of the molecule is CC1C2C=c3cn[nH]c3=CC12. The van der Waals surface area contributed by atoms with Gasteiger partial charge in [-0.3, -0.25) is 5.10 Å². The normalized spacial score (nSPS) is 38.1. The van der Waals surface area contributed by atoms with Crippen LogP contribution in [0.5, 0.6) is 0 Å². The molecule has 1 fully saturated rings. The van der Waals surface area contributed by atoms with Crippen molar-refractivity contribution in [2.75, 3.05) is 0 Å². The lowest BCUT2D eigenvalue weighted by Gasteiger charge is -1.89. The van der Waals surface area contributed by atoms with Gasteiger partial charge in [-0.1, -0.05) is 19.1 Å². The van der Waals surface area contributed by atoms with Crippen LogP contribution in [0.2, 0.25) is 0 Å². The van der Waals surface area contributed by atoms with E-state index >= 15 is 0 Å². The number of rotatable bonds is 0. The standard InChI is InChI=1S/C9H10N2/c1-5-7-2-6-4-10-11-9(6)3-8(5)7/h2-5,7-8,11H,1H3. The number of hydrogen-bond acceptors (Lipinski definition) is 1. The summed E-state index contributed by atoms with van der Waals surface area (Å²) >= 11 is 0. The van der Waals surface area contributed by atoms with Gasteiger partial charge in [0.15, 0.2) is 0 Å². The molecule has 3 rings (SSSR count). The minimum atomic E-state index is 0.794. The van der Waals surface area contributed by atoms with Crippen LogP contribution in [0.3, 0.4) is 0 Å². The smallest absolute Gasteiger partial charge is 0.0610 e. The zero-order valence-electron chi connectivity index (χ0n) is 6.41. The number of hydrogen-bond donors (Lipinski definition) is 1. The molecule has 1 aromatic heterocycles. The summed E-state index contributed by atoms with van der Waals surface area (Å²) in [5.74, 6) is 2.46. The van der Waals surface area contributed by atoms with Crippen LogP contribution in [0.25, 0.3) is 12.2 Å². The fourth-order valence-electron chi connectivity index (χ4n) is 2.02. The molecule has 0 aliphatic heterocycles. The summed E-state index contributed by atoms with van der Waals surface area (Å²) < 4.78 is 0. The molecule has 0 aromatic carbocycles. The number of nitrogens with zero attached hydrogens (tertiary/aromatic N) is 1. The third-order valence-electron chi connectivity index (χ3n) is 2.95. The van der Waals surface area contributed by atoms with E-state index in [-0.39, 0.29) is 0 Å². The number of fused-ring (bicyclic) bond motifs is 2. The molecule has 11 heavy (non-hydrogen) atoms. The first kappa shape index (κ1) is 5.58. The lowest BCUT2D eigenvalue weighted by molar-refractivity contribution is 0.904. The molecular formula is C9H10N2. The van der Waals surface area contributed by atoms with E-state index in [0.29, 0.717) is 0 Å². The molecule has 3 atom stereocenters. The molecular weight excluding hydrogens is 136 g/mol. The molecule has 2 nitrogen and oxygen atoms in total. The van der Waals surface area contributed by atoms with E-state index in [0.717, 1.165) is 17.8 Å². The van der Waals surface area contributed by atoms with Gasteiger partial charge in [0, 0.05) is 5.22 Å². The van der Waals surface area contributed by atoms with Gasteiger partial charge in [-0.15, -0.1) is 0 Å². The lowest BCUT2D eigenvalue weighted by Crippen LogP contribution is -2.24. The highest BCUT2D eigenvalue weighted by Gasteiger charge is 2.44. The second-order valence-corrected chi connectivity index (χ2v) is 3.59. The molecule has 2 aliphatic rings. The minimum Gasteiger partial charge on any atom is -0.278 e. The van der Waals surface area contributed by atoms with Crippen LogP contribution >= 0.6 is 0 Å². The molecule has 0 amide bonds. The number of nitrogens with one attached hydrogen (secondary N) is 1. The fraction of sp³-hybridized carbons (Fsp3) is 0.444. The van der Waals surface area contributed by atoms with Gasteiger partial charge >= 0.3 is 0 Å². The Morgan fingerprint density at radius 3 is 3.09 bits per heavy atom. The minimum absolute atomic E-state index is 0.794. The van der Waals surface area contributed by atoms with Crippen LogP contribution < -0.4 is 10.6 Å². The summed E-state index contributed by atoms with van der Waals surface area (Å²) in [5, 5.41) is 9.50. The Kier molecular flexibility index (Phi) is 0.799. The van der Waals surface area contributed by atoms with E-state index in [1.165, 1.54) is 10.6 Å². The van der Waals surface area contributed by atoms with Gasteiger partial charge < -0.3 is 0 Å². The molecule has 0 spiro atoms. The Balaban J connectivity index is 2.31. The summed E-state index contributed by atoms with van der Waals surface area (Å²) in [7, 11) is 0. The fourth-order valence-corrected chi connectivity index (χ4v) is 2.02. The zero-order valence-corrected chi connectivity index (χ0v) is 6.41. The Morgan fingerprint density at radius 2 is 2.18 bits per heavy atom. The molecule has 0 radical (unpaired) electrons. The summed E-state index contributed by atoms with van der Waals surface area (Å²) in [5.41, 5.74) is 0. The van der Waals surface area contributed by atoms with E-state index in [4.69, 9.17) is 0 Å². The predicted molar refractivity (Wildman–Crippen MR) is 42.9 cm³/mol. The van der Waals surface area contributed by atoms with E-state index in [1.54, 1.807) is 0 Å². The van der Waals surface area contributed by atoms with Crippen molar-refractivity contribution in [3.8, 4) is 0 Å². The molecule has 2 heteroatoms. The van der Waals surface area contributed by atoms with Gasteiger partial charge in [0.2, 0.25) is 0 Å². The Morgan fingerprint density at radius 1 is 1.36 bits per heavy atom. The van der Waals surface area contributed by atoms with Crippen LogP contribution in [-0.4, -0.2) is 10.2 Å². The topological polar surface area (TPSA) is 28.7 Å². The Labute approximate surface area is 64.6 Å². The van der Waals surface area contributed by atoms with Gasteiger partial charge in [-0.25, -0.2) is 0 Å². The average Bonchev–Trinajstić information content (AvgIpc) is 2.50. The largest absolute Gasteiger partial charge is 0.278 e. The van der Waals surface area contributed by atoms with Gasteiger partial charge in [-0.2, -0.15) is 5.10 Å². The summed E-state index contributed by atoms with van der Waals surface area (Å²) in [6, 6.07) is 0. The second-order valence-electron chi connectivity index (χ2n) is 3.59. The highest BCUT2D eigenvalue weighted by molar-refractivity contribution is 5.48. The summed E-state index contributed by atoms with van der Waals surface area (Å²) in [6.45, 7) is 2.31. The molecule has 2 aliphatic carbocycles. The third-order valence-corrected chi connectivity index (χ3v) is 2.95. The molecule has 1 saturated carbocycles.